The van der Waals surface area contributed by atoms with Crippen LogP contribution in [-0.4, -0.2) is 35.5 Å². The fourth-order valence-electron chi connectivity index (χ4n) is 3.91. The van der Waals surface area contributed by atoms with Crippen molar-refractivity contribution in [1.82, 2.24) is 10.2 Å². The summed E-state index contributed by atoms with van der Waals surface area (Å²) in [5.74, 6) is 0.730. The van der Waals surface area contributed by atoms with Crippen LogP contribution in [0.5, 0.6) is 0 Å². The number of fused-ring (bicyclic) bond motifs is 2. The third-order valence-electron chi connectivity index (χ3n) is 4.95. The first-order valence-electron chi connectivity index (χ1n) is 7.32. The Bertz CT molecular complexity index is 305. The maximum absolute atomic E-state index is 12.6. The zero-order chi connectivity index (χ0) is 11.8. The Hall–Kier alpha value is -0.570. The number of rotatable bonds is 1. The van der Waals surface area contributed by atoms with Gasteiger partial charge in [0.1, 0.15) is 0 Å². The molecule has 0 radical (unpaired) electrons. The fourth-order valence-corrected chi connectivity index (χ4v) is 3.91. The summed E-state index contributed by atoms with van der Waals surface area (Å²) in [4.78, 5) is 14.8. The van der Waals surface area contributed by atoms with Crippen LogP contribution < -0.4 is 5.32 Å². The van der Waals surface area contributed by atoms with E-state index in [-0.39, 0.29) is 5.92 Å². The van der Waals surface area contributed by atoms with E-state index < -0.39 is 0 Å². The second kappa shape index (κ2) is 4.60. The smallest absolute Gasteiger partial charge is 0.227 e. The number of hydrogen-bond acceptors (Lipinski definition) is 2. The number of carbonyl (C=O) groups excluding carboxylic acids is 1. The molecule has 3 aliphatic heterocycles. The van der Waals surface area contributed by atoms with Gasteiger partial charge in [0.05, 0.1) is 5.92 Å². The lowest BCUT2D eigenvalue weighted by atomic mass is 9.88. The van der Waals surface area contributed by atoms with Crippen molar-refractivity contribution in [2.45, 2.75) is 70.0 Å². The summed E-state index contributed by atoms with van der Waals surface area (Å²) in [5.41, 5.74) is 0. The maximum atomic E-state index is 12.6. The van der Waals surface area contributed by atoms with Gasteiger partial charge in [-0.05, 0) is 39.0 Å². The minimum Gasteiger partial charge on any atom is -0.340 e. The molecular weight excluding hydrogens is 212 g/mol. The molecule has 0 aromatic carbocycles. The molecule has 0 aromatic rings. The lowest BCUT2D eigenvalue weighted by Gasteiger charge is -2.32. The standard InChI is InChI=1S/C14H24N2O/c1-10-5-3-2-4-8-16(10)14(17)12-9-11-6-7-13(12)15-11/h10-13,15H,2-9H2,1H3. The van der Waals surface area contributed by atoms with Gasteiger partial charge in [-0.15, -0.1) is 0 Å². The first kappa shape index (κ1) is 11.5. The third kappa shape index (κ3) is 2.10. The van der Waals surface area contributed by atoms with Crippen molar-refractivity contribution in [3.05, 3.63) is 0 Å². The summed E-state index contributed by atoms with van der Waals surface area (Å²) in [6, 6.07) is 1.59. The van der Waals surface area contributed by atoms with Crippen LogP contribution in [0.2, 0.25) is 0 Å². The molecule has 3 heterocycles. The molecule has 0 aromatic heterocycles. The molecule has 17 heavy (non-hydrogen) atoms. The number of likely N-dealkylation sites (tertiary alicyclic amines) is 1. The molecule has 4 unspecified atom stereocenters. The average Bonchev–Trinajstić information content (AvgIpc) is 2.89. The quantitative estimate of drug-likeness (QED) is 0.754. The van der Waals surface area contributed by atoms with Gasteiger partial charge in [-0.3, -0.25) is 4.79 Å². The molecular formula is C14H24N2O. The van der Waals surface area contributed by atoms with Gasteiger partial charge in [-0.25, -0.2) is 0 Å². The van der Waals surface area contributed by atoms with E-state index in [1.807, 2.05) is 0 Å². The second-order valence-corrected chi connectivity index (χ2v) is 6.12. The van der Waals surface area contributed by atoms with Crippen molar-refractivity contribution >= 4 is 5.91 Å². The number of nitrogens with zero attached hydrogens (tertiary/aromatic N) is 1. The van der Waals surface area contributed by atoms with Crippen molar-refractivity contribution in [2.75, 3.05) is 6.54 Å². The average molecular weight is 236 g/mol. The number of carbonyl (C=O) groups is 1. The molecule has 3 aliphatic rings. The van der Waals surface area contributed by atoms with Crippen LogP contribution in [0, 0.1) is 5.92 Å². The Labute approximate surface area is 104 Å². The van der Waals surface area contributed by atoms with Gasteiger partial charge in [0.25, 0.3) is 0 Å². The largest absolute Gasteiger partial charge is 0.340 e. The predicted molar refractivity (Wildman–Crippen MR) is 67.7 cm³/mol. The van der Waals surface area contributed by atoms with Crippen LogP contribution in [0.15, 0.2) is 0 Å². The monoisotopic (exact) mass is 236 g/mol. The SMILES string of the molecule is CC1CCCCCN1C(=O)C1CC2CCC1N2. The Morgan fingerprint density at radius 3 is 2.76 bits per heavy atom. The molecule has 2 bridgehead atoms. The van der Waals surface area contributed by atoms with Crippen LogP contribution in [0.25, 0.3) is 0 Å². The van der Waals surface area contributed by atoms with Crippen molar-refractivity contribution < 1.29 is 4.79 Å². The first-order chi connectivity index (χ1) is 8.25. The molecule has 3 fully saturated rings. The molecule has 96 valence electrons. The van der Waals surface area contributed by atoms with Crippen LogP contribution in [0.1, 0.15) is 51.9 Å². The van der Waals surface area contributed by atoms with Gasteiger partial charge in [0.2, 0.25) is 5.91 Å². The highest BCUT2D eigenvalue weighted by Crippen LogP contribution is 2.35. The van der Waals surface area contributed by atoms with Crippen molar-refractivity contribution in [2.24, 2.45) is 5.92 Å². The predicted octanol–water partition coefficient (Wildman–Crippen LogP) is 1.92. The molecule has 1 amide bonds. The van der Waals surface area contributed by atoms with Crippen molar-refractivity contribution in [1.29, 1.82) is 0 Å². The van der Waals surface area contributed by atoms with E-state index in [4.69, 9.17) is 0 Å². The van der Waals surface area contributed by atoms with Gasteiger partial charge >= 0.3 is 0 Å². The summed E-state index contributed by atoms with van der Waals surface area (Å²) in [6.07, 6.45) is 8.56. The van der Waals surface area contributed by atoms with Gasteiger partial charge in [0, 0.05) is 24.7 Å². The van der Waals surface area contributed by atoms with Gasteiger partial charge in [-0.2, -0.15) is 0 Å². The Morgan fingerprint density at radius 1 is 1.18 bits per heavy atom. The number of nitrogens with one attached hydrogen (secondary N) is 1. The minimum absolute atomic E-state index is 0.286. The molecule has 3 heteroatoms. The summed E-state index contributed by atoms with van der Waals surface area (Å²) in [6.45, 7) is 3.22. The number of hydrogen-bond donors (Lipinski definition) is 1. The van der Waals surface area contributed by atoms with E-state index >= 15 is 0 Å². The lowest BCUT2D eigenvalue weighted by molar-refractivity contribution is -0.138. The molecule has 0 saturated carbocycles. The van der Waals surface area contributed by atoms with E-state index in [1.54, 1.807) is 0 Å². The fraction of sp³-hybridized carbons (Fsp3) is 0.929. The lowest BCUT2D eigenvalue weighted by Crippen LogP contribution is -2.45. The minimum atomic E-state index is 0.286. The highest BCUT2D eigenvalue weighted by atomic mass is 16.2. The van der Waals surface area contributed by atoms with Crippen LogP contribution in [-0.2, 0) is 4.79 Å². The van der Waals surface area contributed by atoms with E-state index in [0.717, 1.165) is 13.0 Å². The Morgan fingerprint density at radius 2 is 2.06 bits per heavy atom. The highest BCUT2D eigenvalue weighted by Gasteiger charge is 2.44. The summed E-state index contributed by atoms with van der Waals surface area (Å²) < 4.78 is 0. The summed E-state index contributed by atoms with van der Waals surface area (Å²) in [7, 11) is 0. The van der Waals surface area contributed by atoms with Crippen LogP contribution >= 0.6 is 0 Å². The van der Waals surface area contributed by atoms with E-state index in [2.05, 4.69) is 17.1 Å². The molecule has 3 saturated heterocycles. The number of amides is 1. The van der Waals surface area contributed by atoms with Crippen molar-refractivity contribution in [3.8, 4) is 0 Å². The van der Waals surface area contributed by atoms with Gasteiger partial charge in [0.15, 0.2) is 0 Å². The van der Waals surface area contributed by atoms with Crippen LogP contribution in [0.3, 0.4) is 0 Å². The van der Waals surface area contributed by atoms with E-state index in [9.17, 15) is 4.79 Å². The third-order valence-corrected chi connectivity index (χ3v) is 4.95. The van der Waals surface area contributed by atoms with Crippen LogP contribution in [0.4, 0.5) is 0 Å². The Kier molecular flexibility index (Phi) is 3.12. The zero-order valence-corrected chi connectivity index (χ0v) is 10.8. The zero-order valence-electron chi connectivity index (χ0n) is 10.8. The topological polar surface area (TPSA) is 32.3 Å². The Balaban J connectivity index is 1.68. The van der Waals surface area contributed by atoms with E-state index in [0.29, 0.717) is 24.0 Å². The molecule has 4 atom stereocenters. The molecule has 1 N–H and O–H groups in total. The normalized spacial score (nSPS) is 41.6. The maximum Gasteiger partial charge on any atom is 0.227 e. The molecule has 0 aliphatic carbocycles. The summed E-state index contributed by atoms with van der Waals surface area (Å²) >= 11 is 0. The second-order valence-electron chi connectivity index (χ2n) is 6.12. The van der Waals surface area contributed by atoms with E-state index in [1.165, 1.54) is 38.5 Å². The first-order valence-corrected chi connectivity index (χ1v) is 7.32. The van der Waals surface area contributed by atoms with Gasteiger partial charge in [-0.1, -0.05) is 12.8 Å². The molecule has 0 spiro atoms. The molecule has 3 rings (SSSR count). The summed E-state index contributed by atoms with van der Waals surface area (Å²) in [5, 5.41) is 3.58. The molecule has 3 nitrogen and oxygen atoms in total. The highest BCUT2D eigenvalue weighted by molar-refractivity contribution is 5.80. The van der Waals surface area contributed by atoms with Gasteiger partial charge < -0.3 is 10.2 Å². The van der Waals surface area contributed by atoms with Crippen molar-refractivity contribution in [3.63, 3.8) is 0 Å².